The van der Waals surface area contributed by atoms with Gasteiger partial charge >= 0.3 is 35.8 Å². The van der Waals surface area contributed by atoms with Crippen LogP contribution in [-0.2, 0) is 42.6 Å². The van der Waals surface area contributed by atoms with Crippen molar-refractivity contribution in [1.29, 1.82) is 0 Å². The van der Waals surface area contributed by atoms with Crippen molar-refractivity contribution in [3.63, 3.8) is 0 Å². The zero-order chi connectivity index (χ0) is 65.4. The molecule has 89 heavy (non-hydrogen) atoms. The number of aliphatic hydroxyl groups excluding tert-OH is 2. The first-order chi connectivity index (χ1) is 41.8. The zero-order valence-electron chi connectivity index (χ0n) is 44.2. The fourth-order valence-corrected chi connectivity index (χ4v) is 8.68. The van der Waals surface area contributed by atoms with Gasteiger partial charge in [-0.05, 0) is 72.8 Å². The molecule has 0 saturated carbocycles. The Morgan fingerprint density at radius 1 is 0.371 bits per heavy atom. The van der Waals surface area contributed by atoms with E-state index in [2.05, 4.69) is 0 Å². The molecule has 0 amide bonds. The van der Waals surface area contributed by atoms with Crippen LogP contribution < -0.4 is 0 Å². The molecule has 2 fully saturated rings. The SMILES string of the molecule is O=C(OC[C@H]1O[C@@](COC(=O)c2cc(O)c(O)c(O)c2)(O[C@H]2O[C@H](CO)[C@@H](O)[C@H](OC(=O)c3cc(O)c(O)c(O)c3)[C@H]2OC(=O)c2cc(O)c(O)c(O)c2)[C@@H](OC(=O)c2cc(O)c(O)c(O)c2)[C@@H]1OC(=O)c1cc(O)c(O)c(O)c1)c1cc(O)c(O)c(O)c1. The maximum atomic E-state index is 14.6. The van der Waals surface area contributed by atoms with Gasteiger partial charge in [0.2, 0.25) is 12.1 Å². The van der Waals surface area contributed by atoms with Gasteiger partial charge in [-0.2, -0.15) is 0 Å². The van der Waals surface area contributed by atoms with Crippen molar-refractivity contribution in [2.75, 3.05) is 19.8 Å². The van der Waals surface area contributed by atoms with Gasteiger partial charge in [0, 0.05) is 0 Å². The maximum absolute atomic E-state index is 14.6. The molecule has 2 saturated heterocycles. The maximum Gasteiger partial charge on any atom is 0.339 e. The zero-order valence-corrected chi connectivity index (χ0v) is 44.2. The van der Waals surface area contributed by atoms with Crippen LogP contribution >= 0.6 is 0 Å². The Labute approximate surface area is 492 Å². The van der Waals surface area contributed by atoms with E-state index in [1.54, 1.807) is 0 Å². The number of rotatable bonds is 17. The van der Waals surface area contributed by atoms with Crippen LogP contribution in [0.4, 0.5) is 0 Å². The quantitative estimate of drug-likeness (QED) is 0.0336. The number of aliphatic hydroxyl groups is 2. The van der Waals surface area contributed by atoms with E-state index in [-0.39, 0.29) is 0 Å². The van der Waals surface area contributed by atoms with Gasteiger partial charge in [-0.1, -0.05) is 0 Å². The normalized spacial score (nSPS) is 21.2. The highest BCUT2D eigenvalue weighted by Gasteiger charge is 2.65. The number of phenols is 18. The molecule has 0 unspecified atom stereocenters. The van der Waals surface area contributed by atoms with Crippen molar-refractivity contribution in [3.8, 4) is 103 Å². The van der Waals surface area contributed by atoms with E-state index in [1.807, 2.05) is 0 Å². The van der Waals surface area contributed by atoms with Gasteiger partial charge in [0.1, 0.15) is 31.5 Å². The van der Waals surface area contributed by atoms with E-state index < -0.39 is 247 Å². The fourth-order valence-electron chi connectivity index (χ4n) is 8.68. The Bertz CT molecular complexity index is 3680. The number of esters is 6. The second kappa shape index (κ2) is 24.7. The third kappa shape index (κ3) is 12.8. The van der Waals surface area contributed by atoms with E-state index in [0.29, 0.717) is 72.8 Å². The van der Waals surface area contributed by atoms with E-state index >= 15 is 0 Å². The highest BCUT2D eigenvalue weighted by atomic mass is 16.8. The van der Waals surface area contributed by atoms with Crippen LogP contribution in [0.2, 0.25) is 0 Å². The Morgan fingerprint density at radius 2 is 0.652 bits per heavy atom. The molecule has 2 heterocycles. The van der Waals surface area contributed by atoms with Crippen molar-refractivity contribution < 1.29 is 174 Å². The topological polar surface area (TPSA) is 590 Å². The fraction of sp³-hybridized carbons (Fsp3) is 0.222. The molecule has 0 radical (unpaired) electrons. The molecule has 20 N–H and O–H groups in total. The van der Waals surface area contributed by atoms with Crippen LogP contribution in [-0.4, -0.2) is 213 Å². The third-order valence-electron chi connectivity index (χ3n) is 13.1. The lowest BCUT2D eigenvalue weighted by Gasteiger charge is -2.45. The minimum absolute atomic E-state index is 0.447. The summed E-state index contributed by atoms with van der Waals surface area (Å²) >= 11 is 0. The molecule has 9 atom stereocenters. The lowest BCUT2D eigenvalue weighted by Crippen LogP contribution is -2.65. The van der Waals surface area contributed by atoms with Gasteiger partial charge in [-0.15, -0.1) is 0 Å². The summed E-state index contributed by atoms with van der Waals surface area (Å²) in [6.07, 6.45) is -20.9. The van der Waals surface area contributed by atoms with Crippen molar-refractivity contribution in [3.05, 3.63) is 106 Å². The number of hydrogen-bond acceptors (Lipinski definition) is 35. The molecule has 8 rings (SSSR count). The van der Waals surface area contributed by atoms with E-state index in [0.717, 1.165) is 0 Å². The first-order valence-electron chi connectivity index (χ1n) is 24.8. The van der Waals surface area contributed by atoms with Crippen LogP contribution in [0.5, 0.6) is 103 Å². The van der Waals surface area contributed by atoms with Gasteiger partial charge in [-0.25, -0.2) is 28.8 Å². The van der Waals surface area contributed by atoms with Crippen molar-refractivity contribution in [1.82, 2.24) is 0 Å². The van der Waals surface area contributed by atoms with Crippen molar-refractivity contribution in [2.45, 2.75) is 54.8 Å². The number of benzene rings is 6. The summed E-state index contributed by atoms with van der Waals surface area (Å²) in [4.78, 5) is 84.9. The van der Waals surface area contributed by atoms with Gasteiger partial charge in [0.15, 0.2) is 128 Å². The predicted octanol–water partition coefficient (Wildman–Crippen LogP) is 0.493. The molecule has 0 aromatic heterocycles. The van der Waals surface area contributed by atoms with Crippen LogP contribution in [0, 0.1) is 0 Å². The number of ether oxygens (including phenoxy) is 9. The van der Waals surface area contributed by atoms with E-state index in [1.165, 1.54) is 0 Å². The molecule has 35 heteroatoms. The van der Waals surface area contributed by atoms with E-state index in [9.17, 15) is 131 Å². The minimum Gasteiger partial charge on any atom is -0.504 e. The monoisotopic (exact) mass is 1250 g/mol. The molecule has 0 aliphatic carbocycles. The third-order valence-corrected chi connectivity index (χ3v) is 13.1. The molecule has 6 aromatic carbocycles. The molecule has 6 aromatic rings. The Balaban J connectivity index is 1.36. The molecular weight excluding hydrogens is 1210 g/mol. The van der Waals surface area contributed by atoms with Gasteiger partial charge in [0.05, 0.1) is 40.0 Å². The van der Waals surface area contributed by atoms with Crippen LogP contribution in [0.25, 0.3) is 0 Å². The smallest absolute Gasteiger partial charge is 0.339 e. The Hall–Kier alpha value is -11.7. The minimum atomic E-state index is -3.60. The van der Waals surface area contributed by atoms with Crippen molar-refractivity contribution in [2.24, 2.45) is 0 Å². The summed E-state index contributed by atoms with van der Waals surface area (Å²) in [5, 5.41) is 207. The summed E-state index contributed by atoms with van der Waals surface area (Å²) < 4.78 is 52.1. The number of hydrogen-bond donors (Lipinski definition) is 20. The molecule has 2 aliphatic heterocycles. The standard InChI is InChI=1S/C54H46O35/c55-13-34-42(74)44(85-50(78)19-7-28(62)39(71)29(63)8-19)45(86-51(79)20-9-30(64)40(72)31(65)10-20)53(83-34)89-54(15-82-48(76)17-3-24(58)37(69)25(59)4-17)46(87-52(80)21-11-32(66)41(73)33(67)12-21)43(84-49(77)18-5-26(60)38(70)27(61)6-18)35(88-54)14-81-47(75)16-1-22(56)36(68)23(57)2-16/h1-12,34-35,42-46,53,55-74H,13-15H2/t34-,35-,42-,43-,44+,45-,46+,53-,54+/m1/s1. The highest BCUT2D eigenvalue weighted by molar-refractivity contribution is 5.95. The largest absolute Gasteiger partial charge is 0.504 e. The first kappa shape index (κ1) is 63.4. The summed E-state index contributed by atoms with van der Waals surface area (Å²) in [6.45, 7) is -4.62. The summed E-state index contributed by atoms with van der Waals surface area (Å²) in [6, 6.07) is 5.90. The van der Waals surface area contributed by atoms with Gasteiger partial charge < -0.3 is 145 Å². The van der Waals surface area contributed by atoms with Gasteiger partial charge in [0.25, 0.3) is 0 Å². The number of carbonyl (C=O) groups is 6. The van der Waals surface area contributed by atoms with Crippen LogP contribution in [0.15, 0.2) is 72.8 Å². The highest BCUT2D eigenvalue weighted by Crippen LogP contribution is 2.46. The lowest BCUT2D eigenvalue weighted by molar-refractivity contribution is -0.381. The van der Waals surface area contributed by atoms with Crippen LogP contribution in [0.1, 0.15) is 62.1 Å². The first-order valence-corrected chi connectivity index (χ1v) is 24.8. The summed E-state index contributed by atoms with van der Waals surface area (Å²) in [5.41, 5.74) is -5.31. The summed E-state index contributed by atoms with van der Waals surface area (Å²) in [7, 11) is 0. The van der Waals surface area contributed by atoms with Gasteiger partial charge in [-0.3, -0.25) is 0 Å². The van der Waals surface area contributed by atoms with Crippen molar-refractivity contribution >= 4 is 35.8 Å². The molecule has 0 spiro atoms. The molecule has 472 valence electrons. The Morgan fingerprint density at radius 3 is 0.978 bits per heavy atom. The average Bonchev–Trinajstić information content (AvgIpc) is 1.65. The average molecular weight is 1250 g/mol. The number of phenolic OH excluding ortho intramolecular Hbond substituents is 18. The number of aromatic hydroxyl groups is 18. The molecular formula is C54H46O35. The lowest BCUT2D eigenvalue weighted by atomic mass is 9.97. The Kier molecular flexibility index (Phi) is 17.6. The molecule has 2 aliphatic rings. The molecule has 0 bridgehead atoms. The number of carbonyl (C=O) groups excluding carboxylic acids is 6. The second-order valence-electron chi connectivity index (χ2n) is 19.1. The predicted molar refractivity (Wildman–Crippen MR) is 276 cm³/mol. The summed E-state index contributed by atoms with van der Waals surface area (Å²) in [5.74, 6) is -35.3. The van der Waals surface area contributed by atoms with E-state index in [4.69, 9.17) is 42.6 Å². The van der Waals surface area contributed by atoms with Crippen LogP contribution in [0.3, 0.4) is 0 Å². The second-order valence-corrected chi connectivity index (χ2v) is 19.1. The molecule has 35 nitrogen and oxygen atoms in total.